The number of benzene rings is 1. The van der Waals surface area contributed by atoms with Crippen molar-refractivity contribution in [3.63, 3.8) is 0 Å². The number of carbonyl (C=O) groups is 1. The van der Waals surface area contributed by atoms with Gasteiger partial charge < -0.3 is 4.90 Å². The van der Waals surface area contributed by atoms with Crippen LogP contribution in [-0.4, -0.2) is 29.4 Å². The first-order valence-electron chi connectivity index (χ1n) is 6.49. The minimum absolute atomic E-state index is 0.0987. The summed E-state index contributed by atoms with van der Waals surface area (Å²) in [5.41, 5.74) is 2.14. The van der Waals surface area contributed by atoms with Crippen molar-refractivity contribution in [2.45, 2.75) is 13.3 Å². The summed E-state index contributed by atoms with van der Waals surface area (Å²) in [6.07, 6.45) is 2.44. The second-order valence-corrected chi connectivity index (χ2v) is 4.76. The van der Waals surface area contributed by atoms with Gasteiger partial charge in [0.2, 0.25) is 0 Å². The first kappa shape index (κ1) is 14.2. The van der Waals surface area contributed by atoms with Crippen LogP contribution in [0.15, 0.2) is 42.6 Å². The SMILES string of the molecule is Cc1cc(F)ccc1C(=O)N(C)CCc1ccccn1. The van der Waals surface area contributed by atoms with Gasteiger partial charge in [0.05, 0.1) is 0 Å². The van der Waals surface area contributed by atoms with Crippen molar-refractivity contribution < 1.29 is 9.18 Å². The zero-order chi connectivity index (χ0) is 14.5. The largest absolute Gasteiger partial charge is 0.341 e. The molecule has 0 aliphatic rings. The van der Waals surface area contributed by atoms with Crippen LogP contribution in [0.25, 0.3) is 0 Å². The molecule has 0 aliphatic heterocycles. The number of hydrogen-bond donors (Lipinski definition) is 0. The number of pyridine rings is 1. The van der Waals surface area contributed by atoms with Crippen LogP contribution in [0.2, 0.25) is 0 Å². The summed E-state index contributed by atoms with van der Waals surface area (Å²) in [5.74, 6) is -0.423. The zero-order valence-corrected chi connectivity index (χ0v) is 11.6. The fourth-order valence-corrected chi connectivity index (χ4v) is 2.00. The van der Waals surface area contributed by atoms with Crippen LogP contribution in [0.5, 0.6) is 0 Å². The number of nitrogens with zero attached hydrogens (tertiary/aromatic N) is 2. The van der Waals surface area contributed by atoms with Crippen molar-refractivity contribution in [3.05, 3.63) is 65.2 Å². The number of hydrogen-bond acceptors (Lipinski definition) is 2. The van der Waals surface area contributed by atoms with Crippen molar-refractivity contribution >= 4 is 5.91 Å². The van der Waals surface area contributed by atoms with Gasteiger partial charge in [-0.25, -0.2) is 4.39 Å². The molecule has 0 atom stereocenters. The molecule has 20 heavy (non-hydrogen) atoms. The molecule has 0 spiro atoms. The highest BCUT2D eigenvalue weighted by Gasteiger charge is 2.14. The van der Waals surface area contributed by atoms with Crippen LogP contribution in [0.1, 0.15) is 21.6 Å². The summed E-state index contributed by atoms with van der Waals surface area (Å²) >= 11 is 0. The quantitative estimate of drug-likeness (QED) is 0.857. The Hall–Kier alpha value is -2.23. The van der Waals surface area contributed by atoms with E-state index < -0.39 is 0 Å². The third kappa shape index (κ3) is 3.41. The molecule has 0 saturated heterocycles. The molecule has 1 heterocycles. The summed E-state index contributed by atoms with van der Waals surface area (Å²) in [5, 5.41) is 0. The minimum Gasteiger partial charge on any atom is -0.341 e. The van der Waals surface area contributed by atoms with Gasteiger partial charge in [0.1, 0.15) is 5.82 Å². The van der Waals surface area contributed by atoms with Crippen LogP contribution in [0.3, 0.4) is 0 Å². The van der Waals surface area contributed by atoms with Crippen molar-refractivity contribution in [1.29, 1.82) is 0 Å². The van der Waals surface area contributed by atoms with E-state index in [2.05, 4.69) is 4.98 Å². The Kier molecular flexibility index (Phi) is 4.45. The Morgan fingerprint density at radius 2 is 2.10 bits per heavy atom. The van der Waals surface area contributed by atoms with E-state index in [1.807, 2.05) is 18.2 Å². The predicted octanol–water partition coefficient (Wildman–Crippen LogP) is 2.84. The van der Waals surface area contributed by atoms with Crippen LogP contribution in [0.4, 0.5) is 4.39 Å². The first-order chi connectivity index (χ1) is 9.58. The molecular formula is C16H17FN2O. The normalized spacial score (nSPS) is 10.3. The van der Waals surface area contributed by atoms with Gasteiger partial charge in [-0.15, -0.1) is 0 Å². The topological polar surface area (TPSA) is 33.2 Å². The lowest BCUT2D eigenvalue weighted by Crippen LogP contribution is -2.29. The molecule has 3 nitrogen and oxygen atoms in total. The molecule has 0 aliphatic carbocycles. The minimum atomic E-state index is -0.324. The molecule has 0 radical (unpaired) electrons. The van der Waals surface area contributed by atoms with Crippen molar-refractivity contribution in [1.82, 2.24) is 9.88 Å². The summed E-state index contributed by atoms with van der Waals surface area (Å²) in [7, 11) is 1.74. The van der Waals surface area contributed by atoms with E-state index in [1.54, 1.807) is 25.1 Å². The summed E-state index contributed by atoms with van der Waals surface area (Å²) in [6.45, 7) is 2.32. The standard InChI is InChI=1S/C16H17FN2O/c1-12-11-13(17)6-7-15(12)16(20)19(2)10-8-14-5-3-4-9-18-14/h3-7,9,11H,8,10H2,1-2H3. The third-order valence-electron chi connectivity index (χ3n) is 3.20. The van der Waals surface area contributed by atoms with Gasteiger partial charge in [0.15, 0.2) is 0 Å². The molecule has 1 aromatic carbocycles. The number of rotatable bonds is 4. The summed E-state index contributed by atoms with van der Waals surface area (Å²) < 4.78 is 13.0. The number of aromatic nitrogens is 1. The van der Waals surface area contributed by atoms with E-state index in [1.165, 1.54) is 18.2 Å². The fourth-order valence-electron chi connectivity index (χ4n) is 2.00. The Labute approximate surface area is 118 Å². The van der Waals surface area contributed by atoms with Crippen LogP contribution in [0, 0.1) is 12.7 Å². The lowest BCUT2D eigenvalue weighted by molar-refractivity contribution is 0.0795. The van der Waals surface area contributed by atoms with Gasteiger partial charge in [-0.05, 0) is 42.8 Å². The first-order valence-corrected chi connectivity index (χ1v) is 6.49. The van der Waals surface area contributed by atoms with Crippen molar-refractivity contribution in [3.8, 4) is 0 Å². The highest BCUT2D eigenvalue weighted by Crippen LogP contribution is 2.12. The fraction of sp³-hybridized carbons (Fsp3) is 0.250. The van der Waals surface area contributed by atoms with Gasteiger partial charge in [-0.3, -0.25) is 9.78 Å². The molecule has 1 aromatic heterocycles. The number of carbonyl (C=O) groups excluding carboxylic acids is 1. The predicted molar refractivity (Wildman–Crippen MR) is 76.0 cm³/mol. The molecule has 2 aromatic rings. The molecule has 0 unspecified atom stereocenters. The Bertz CT molecular complexity index is 599. The number of halogens is 1. The molecule has 104 valence electrons. The monoisotopic (exact) mass is 272 g/mol. The second-order valence-electron chi connectivity index (χ2n) is 4.76. The van der Waals surface area contributed by atoms with E-state index in [4.69, 9.17) is 0 Å². The molecule has 0 fully saturated rings. The average Bonchev–Trinajstić information content (AvgIpc) is 2.45. The molecule has 0 N–H and O–H groups in total. The Morgan fingerprint density at radius 1 is 1.30 bits per heavy atom. The maximum absolute atomic E-state index is 13.0. The molecule has 1 amide bonds. The smallest absolute Gasteiger partial charge is 0.253 e. The molecule has 4 heteroatoms. The van der Waals surface area contributed by atoms with Gasteiger partial charge >= 0.3 is 0 Å². The molecule has 2 rings (SSSR count). The van der Waals surface area contributed by atoms with Crippen molar-refractivity contribution in [2.24, 2.45) is 0 Å². The lowest BCUT2D eigenvalue weighted by Gasteiger charge is -2.18. The van der Waals surface area contributed by atoms with E-state index >= 15 is 0 Å². The van der Waals surface area contributed by atoms with Crippen LogP contribution < -0.4 is 0 Å². The highest BCUT2D eigenvalue weighted by molar-refractivity contribution is 5.95. The number of amides is 1. The highest BCUT2D eigenvalue weighted by atomic mass is 19.1. The van der Waals surface area contributed by atoms with Crippen molar-refractivity contribution in [2.75, 3.05) is 13.6 Å². The maximum atomic E-state index is 13.0. The number of aryl methyl sites for hydroxylation is 1. The lowest BCUT2D eigenvalue weighted by atomic mass is 10.1. The maximum Gasteiger partial charge on any atom is 0.253 e. The van der Waals surface area contributed by atoms with E-state index in [-0.39, 0.29) is 11.7 Å². The van der Waals surface area contributed by atoms with Crippen LogP contribution >= 0.6 is 0 Å². The Balaban J connectivity index is 2.01. The molecule has 0 bridgehead atoms. The van der Waals surface area contributed by atoms with E-state index in [0.29, 0.717) is 24.1 Å². The van der Waals surface area contributed by atoms with Gasteiger partial charge in [-0.1, -0.05) is 6.07 Å². The van der Waals surface area contributed by atoms with Gasteiger partial charge in [-0.2, -0.15) is 0 Å². The van der Waals surface area contributed by atoms with E-state index in [0.717, 1.165) is 5.69 Å². The summed E-state index contributed by atoms with van der Waals surface area (Å²) in [6, 6.07) is 9.94. The summed E-state index contributed by atoms with van der Waals surface area (Å²) in [4.78, 5) is 18.1. The van der Waals surface area contributed by atoms with Gasteiger partial charge in [0, 0.05) is 37.5 Å². The van der Waals surface area contributed by atoms with Gasteiger partial charge in [0.25, 0.3) is 5.91 Å². The third-order valence-corrected chi connectivity index (χ3v) is 3.20. The number of likely N-dealkylation sites (N-methyl/N-ethyl adjacent to an activating group) is 1. The van der Waals surface area contributed by atoms with Crippen LogP contribution in [-0.2, 0) is 6.42 Å². The van der Waals surface area contributed by atoms with E-state index in [9.17, 15) is 9.18 Å². The molecular weight excluding hydrogens is 255 g/mol. The zero-order valence-electron chi connectivity index (χ0n) is 11.6. The molecule has 0 saturated carbocycles. The second kappa shape index (κ2) is 6.28. The average molecular weight is 272 g/mol. The Morgan fingerprint density at radius 3 is 2.75 bits per heavy atom.